The number of ether oxygens (including phenoxy) is 1. The fourth-order valence-corrected chi connectivity index (χ4v) is 2.60. The topological polar surface area (TPSA) is 33.3 Å². The summed E-state index contributed by atoms with van der Waals surface area (Å²) in [4.78, 5) is 0. The minimum atomic E-state index is 0.779. The van der Waals surface area contributed by atoms with Gasteiger partial charge in [-0.2, -0.15) is 0 Å². The third kappa shape index (κ3) is 3.89. The van der Waals surface area contributed by atoms with Crippen LogP contribution in [0.4, 0.5) is 5.69 Å². The zero-order chi connectivity index (χ0) is 12.1. The van der Waals surface area contributed by atoms with Crippen molar-refractivity contribution in [2.75, 3.05) is 32.1 Å². The first-order chi connectivity index (χ1) is 8.28. The summed E-state index contributed by atoms with van der Waals surface area (Å²) in [5, 5.41) is 6.88. The molecule has 1 fully saturated rings. The second kappa shape index (κ2) is 6.26. The number of anilines is 1. The van der Waals surface area contributed by atoms with Gasteiger partial charge in [-0.3, -0.25) is 0 Å². The minimum absolute atomic E-state index is 0.779. The van der Waals surface area contributed by atoms with Crippen molar-refractivity contribution in [3.8, 4) is 5.75 Å². The van der Waals surface area contributed by atoms with Crippen molar-refractivity contribution in [3.05, 3.63) is 22.7 Å². The van der Waals surface area contributed by atoms with Crippen molar-refractivity contribution in [2.24, 2.45) is 5.92 Å². The van der Waals surface area contributed by atoms with Crippen LogP contribution in [0.2, 0.25) is 0 Å². The Morgan fingerprint density at radius 1 is 1.35 bits per heavy atom. The van der Waals surface area contributed by atoms with Crippen LogP contribution in [0, 0.1) is 5.92 Å². The van der Waals surface area contributed by atoms with E-state index in [1.165, 1.54) is 12.8 Å². The minimum Gasteiger partial charge on any atom is -0.497 e. The van der Waals surface area contributed by atoms with Gasteiger partial charge < -0.3 is 15.4 Å². The lowest BCUT2D eigenvalue weighted by Gasteiger charge is -2.23. The van der Waals surface area contributed by atoms with Crippen molar-refractivity contribution in [1.82, 2.24) is 5.32 Å². The van der Waals surface area contributed by atoms with Gasteiger partial charge in [-0.05, 0) is 44.0 Å². The molecule has 2 N–H and O–H groups in total. The van der Waals surface area contributed by atoms with E-state index in [4.69, 9.17) is 4.74 Å². The van der Waals surface area contributed by atoms with Crippen LogP contribution in [0.25, 0.3) is 0 Å². The lowest BCUT2D eigenvalue weighted by atomic mass is 9.98. The summed E-state index contributed by atoms with van der Waals surface area (Å²) in [5.74, 6) is 1.66. The molecule has 0 spiro atoms. The molecule has 1 aliphatic rings. The average Bonchev–Trinajstić information content (AvgIpc) is 2.37. The molecule has 1 heterocycles. The molecule has 0 unspecified atom stereocenters. The number of hydrogen-bond donors (Lipinski definition) is 2. The van der Waals surface area contributed by atoms with Crippen molar-refractivity contribution in [3.63, 3.8) is 0 Å². The summed E-state index contributed by atoms with van der Waals surface area (Å²) in [5.41, 5.74) is 1.12. The molecule has 0 saturated carbocycles. The molecule has 3 nitrogen and oxygen atoms in total. The molecule has 4 heteroatoms. The van der Waals surface area contributed by atoms with Gasteiger partial charge in [0.05, 0.1) is 7.11 Å². The Morgan fingerprint density at radius 2 is 2.12 bits per heavy atom. The lowest BCUT2D eigenvalue weighted by molar-refractivity contribution is 0.389. The molecular weight excluding hydrogens is 280 g/mol. The maximum absolute atomic E-state index is 5.25. The number of piperidine rings is 1. The lowest BCUT2D eigenvalue weighted by Crippen LogP contribution is -2.31. The number of rotatable bonds is 4. The van der Waals surface area contributed by atoms with Gasteiger partial charge in [-0.15, -0.1) is 0 Å². The molecule has 1 saturated heterocycles. The zero-order valence-corrected chi connectivity index (χ0v) is 11.7. The molecule has 1 aromatic rings. The van der Waals surface area contributed by atoms with E-state index in [2.05, 4.69) is 32.6 Å². The highest BCUT2D eigenvalue weighted by molar-refractivity contribution is 9.10. The molecule has 0 amide bonds. The smallest absolute Gasteiger partial charge is 0.122 e. The summed E-state index contributed by atoms with van der Waals surface area (Å²) in [6.45, 7) is 3.34. The third-order valence-electron chi connectivity index (χ3n) is 3.16. The molecule has 0 aliphatic carbocycles. The Hall–Kier alpha value is -0.740. The van der Waals surface area contributed by atoms with Gasteiger partial charge in [-0.1, -0.05) is 15.9 Å². The van der Waals surface area contributed by atoms with Crippen LogP contribution in [-0.4, -0.2) is 26.7 Å². The van der Waals surface area contributed by atoms with Crippen LogP contribution in [-0.2, 0) is 0 Å². The number of nitrogens with one attached hydrogen (secondary N) is 2. The Labute approximate surface area is 111 Å². The van der Waals surface area contributed by atoms with Crippen molar-refractivity contribution in [1.29, 1.82) is 0 Å². The van der Waals surface area contributed by atoms with E-state index in [1.807, 2.05) is 12.1 Å². The normalized spacial score (nSPS) is 16.8. The van der Waals surface area contributed by atoms with E-state index in [0.717, 1.165) is 41.5 Å². The van der Waals surface area contributed by atoms with E-state index in [0.29, 0.717) is 0 Å². The third-order valence-corrected chi connectivity index (χ3v) is 3.62. The van der Waals surface area contributed by atoms with Gasteiger partial charge in [-0.25, -0.2) is 0 Å². The summed E-state index contributed by atoms with van der Waals surface area (Å²) in [7, 11) is 1.69. The molecule has 17 heavy (non-hydrogen) atoms. The van der Waals surface area contributed by atoms with E-state index < -0.39 is 0 Å². The van der Waals surface area contributed by atoms with E-state index >= 15 is 0 Å². The second-order valence-corrected chi connectivity index (χ2v) is 5.37. The average molecular weight is 299 g/mol. The Kier molecular flexibility index (Phi) is 4.68. The standard InChI is InChI=1S/C13H19BrN2O/c1-17-13-7-11(14)6-12(8-13)16-9-10-2-4-15-5-3-10/h6-8,10,15-16H,2-5,9H2,1H3. The Morgan fingerprint density at radius 3 is 2.82 bits per heavy atom. The maximum atomic E-state index is 5.25. The number of benzene rings is 1. The van der Waals surface area contributed by atoms with Crippen molar-refractivity contribution >= 4 is 21.6 Å². The predicted octanol–water partition coefficient (Wildman–Crippen LogP) is 2.87. The monoisotopic (exact) mass is 298 g/mol. The van der Waals surface area contributed by atoms with Crippen molar-refractivity contribution < 1.29 is 4.74 Å². The fourth-order valence-electron chi connectivity index (χ4n) is 2.13. The van der Waals surface area contributed by atoms with Gasteiger partial charge in [0.2, 0.25) is 0 Å². The molecule has 1 aromatic carbocycles. The Balaban J connectivity index is 1.91. The molecule has 0 bridgehead atoms. The van der Waals surface area contributed by atoms with Crippen LogP contribution in [0.3, 0.4) is 0 Å². The quantitative estimate of drug-likeness (QED) is 0.897. The van der Waals surface area contributed by atoms with Crippen LogP contribution < -0.4 is 15.4 Å². The summed E-state index contributed by atoms with van der Waals surface area (Å²) in [6.07, 6.45) is 2.52. The van der Waals surface area contributed by atoms with Crippen LogP contribution in [0.5, 0.6) is 5.75 Å². The van der Waals surface area contributed by atoms with E-state index in [1.54, 1.807) is 7.11 Å². The Bertz CT molecular complexity index is 364. The van der Waals surface area contributed by atoms with Crippen molar-refractivity contribution in [2.45, 2.75) is 12.8 Å². The molecule has 94 valence electrons. The first-order valence-electron chi connectivity index (χ1n) is 6.07. The molecular formula is C13H19BrN2O. The number of halogens is 1. The predicted molar refractivity (Wildman–Crippen MR) is 74.8 cm³/mol. The van der Waals surface area contributed by atoms with Crippen LogP contribution in [0.1, 0.15) is 12.8 Å². The zero-order valence-electron chi connectivity index (χ0n) is 10.1. The molecule has 2 rings (SSSR count). The largest absolute Gasteiger partial charge is 0.497 e. The van der Waals surface area contributed by atoms with Gasteiger partial charge in [0.15, 0.2) is 0 Å². The number of hydrogen-bond acceptors (Lipinski definition) is 3. The SMILES string of the molecule is COc1cc(Br)cc(NCC2CCNCC2)c1. The van der Waals surface area contributed by atoms with Gasteiger partial charge in [0, 0.05) is 22.8 Å². The summed E-state index contributed by atoms with van der Waals surface area (Å²) < 4.78 is 6.29. The summed E-state index contributed by atoms with van der Waals surface area (Å²) in [6, 6.07) is 6.09. The fraction of sp³-hybridized carbons (Fsp3) is 0.538. The highest BCUT2D eigenvalue weighted by Crippen LogP contribution is 2.25. The van der Waals surface area contributed by atoms with Crippen LogP contribution in [0.15, 0.2) is 22.7 Å². The molecule has 0 atom stereocenters. The van der Waals surface area contributed by atoms with E-state index in [9.17, 15) is 0 Å². The van der Waals surface area contributed by atoms with Gasteiger partial charge in [0.1, 0.15) is 5.75 Å². The summed E-state index contributed by atoms with van der Waals surface area (Å²) >= 11 is 3.49. The molecule has 0 radical (unpaired) electrons. The van der Waals surface area contributed by atoms with Gasteiger partial charge >= 0.3 is 0 Å². The first kappa shape index (κ1) is 12.7. The van der Waals surface area contributed by atoms with Crippen LogP contribution >= 0.6 is 15.9 Å². The maximum Gasteiger partial charge on any atom is 0.122 e. The van der Waals surface area contributed by atoms with E-state index in [-0.39, 0.29) is 0 Å². The number of methoxy groups -OCH3 is 1. The highest BCUT2D eigenvalue weighted by atomic mass is 79.9. The second-order valence-electron chi connectivity index (χ2n) is 4.45. The highest BCUT2D eigenvalue weighted by Gasteiger charge is 2.12. The molecule has 1 aliphatic heterocycles. The molecule has 0 aromatic heterocycles. The first-order valence-corrected chi connectivity index (χ1v) is 6.86. The van der Waals surface area contributed by atoms with Gasteiger partial charge in [0.25, 0.3) is 0 Å².